The summed E-state index contributed by atoms with van der Waals surface area (Å²) in [5.74, 6) is -0.221. The summed E-state index contributed by atoms with van der Waals surface area (Å²) in [6.07, 6.45) is 0. The molecule has 0 amide bonds. The maximum atomic E-state index is 11.0. The molecule has 0 heterocycles. The van der Waals surface area contributed by atoms with Gasteiger partial charge in [0.2, 0.25) is 0 Å². The number of ether oxygens (including phenoxy) is 1. The van der Waals surface area contributed by atoms with Gasteiger partial charge in [-0.25, -0.2) is 0 Å². The summed E-state index contributed by atoms with van der Waals surface area (Å²) in [6.45, 7) is 1.58. The third-order valence-electron chi connectivity index (χ3n) is 2.34. The SMILES string of the molecule is COC(=O)CN(C)Cc1ccc(CN)cc1. The van der Waals surface area contributed by atoms with Gasteiger partial charge in [-0.15, -0.1) is 0 Å². The lowest BCUT2D eigenvalue weighted by Gasteiger charge is -2.15. The van der Waals surface area contributed by atoms with Crippen molar-refractivity contribution in [1.82, 2.24) is 4.90 Å². The first-order chi connectivity index (χ1) is 7.65. The molecule has 16 heavy (non-hydrogen) atoms. The molecule has 4 nitrogen and oxygen atoms in total. The normalized spacial score (nSPS) is 10.5. The molecule has 4 heteroatoms. The van der Waals surface area contributed by atoms with Crippen LogP contribution in [0.25, 0.3) is 0 Å². The lowest BCUT2D eigenvalue weighted by Crippen LogP contribution is -2.26. The first-order valence-electron chi connectivity index (χ1n) is 5.19. The molecule has 0 atom stereocenters. The molecular weight excluding hydrogens is 204 g/mol. The molecule has 0 spiro atoms. The highest BCUT2D eigenvalue weighted by atomic mass is 16.5. The van der Waals surface area contributed by atoms with Crippen LogP contribution in [0.5, 0.6) is 0 Å². The zero-order valence-electron chi connectivity index (χ0n) is 9.77. The molecule has 1 aromatic carbocycles. The number of nitrogens with zero attached hydrogens (tertiary/aromatic N) is 1. The van der Waals surface area contributed by atoms with Gasteiger partial charge in [-0.1, -0.05) is 24.3 Å². The number of nitrogens with two attached hydrogens (primary N) is 1. The lowest BCUT2D eigenvalue weighted by atomic mass is 10.1. The average Bonchev–Trinajstić information content (AvgIpc) is 2.29. The van der Waals surface area contributed by atoms with Crippen molar-refractivity contribution in [2.24, 2.45) is 5.73 Å². The fraction of sp³-hybridized carbons (Fsp3) is 0.417. The summed E-state index contributed by atoms with van der Waals surface area (Å²) in [7, 11) is 3.28. The predicted molar refractivity (Wildman–Crippen MR) is 62.7 cm³/mol. The largest absolute Gasteiger partial charge is 0.468 e. The molecule has 88 valence electrons. The van der Waals surface area contributed by atoms with Crippen molar-refractivity contribution in [3.63, 3.8) is 0 Å². The molecule has 0 bridgehead atoms. The Balaban J connectivity index is 2.49. The quantitative estimate of drug-likeness (QED) is 0.747. The van der Waals surface area contributed by atoms with E-state index in [1.54, 1.807) is 0 Å². The van der Waals surface area contributed by atoms with Gasteiger partial charge in [-0.05, 0) is 18.2 Å². The number of likely N-dealkylation sites (N-methyl/N-ethyl adjacent to an activating group) is 1. The molecule has 2 N–H and O–H groups in total. The Morgan fingerprint density at radius 1 is 1.31 bits per heavy atom. The second kappa shape index (κ2) is 6.25. The molecule has 0 aliphatic heterocycles. The molecular formula is C12H18N2O2. The van der Waals surface area contributed by atoms with Crippen molar-refractivity contribution in [3.8, 4) is 0 Å². The van der Waals surface area contributed by atoms with E-state index in [2.05, 4.69) is 4.74 Å². The molecule has 1 aromatic rings. The smallest absolute Gasteiger partial charge is 0.319 e. The Labute approximate surface area is 96.0 Å². The molecule has 0 fully saturated rings. The minimum atomic E-state index is -0.221. The van der Waals surface area contributed by atoms with E-state index in [0.29, 0.717) is 13.1 Å². The number of rotatable bonds is 5. The van der Waals surface area contributed by atoms with Gasteiger partial charge in [-0.3, -0.25) is 9.69 Å². The highest BCUT2D eigenvalue weighted by Gasteiger charge is 2.06. The van der Waals surface area contributed by atoms with Crippen LogP contribution in [-0.4, -0.2) is 31.6 Å². The van der Waals surface area contributed by atoms with Crippen LogP contribution in [0.3, 0.4) is 0 Å². The van der Waals surface area contributed by atoms with Crippen molar-refractivity contribution < 1.29 is 9.53 Å². The molecule has 0 saturated carbocycles. The van der Waals surface area contributed by atoms with Crippen LogP contribution in [0.1, 0.15) is 11.1 Å². The monoisotopic (exact) mass is 222 g/mol. The van der Waals surface area contributed by atoms with Gasteiger partial charge in [0, 0.05) is 13.1 Å². The third kappa shape index (κ3) is 4.00. The topological polar surface area (TPSA) is 55.6 Å². The molecule has 0 saturated heterocycles. The summed E-state index contributed by atoms with van der Waals surface area (Å²) in [4.78, 5) is 12.9. The summed E-state index contributed by atoms with van der Waals surface area (Å²) in [5, 5.41) is 0. The minimum Gasteiger partial charge on any atom is -0.468 e. The Morgan fingerprint density at radius 2 is 1.88 bits per heavy atom. The first kappa shape index (κ1) is 12.7. The van der Waals surface area contributed by atoms with Crippen LogP contribution in [-0.2, 0) is 22.6 Å². The van der Waals surface area contributed by atoms with Gasteiger partial charge in [0.15, 0.2) is 0 Å². The Bertz CT molecular complexity index is 335. The van der Waals surface area contributed by atoms with E-state index >= 15 is 0 Å². The fourth-order valence-corrected chi connectivity index (χ4v) is 1.43. The Morgan fingerprint density at radius 3 is 2.38 bits per heavy atom. The van der Waals surface area contributed by atoms with E-state index in [9.17, 15) is 4.79 Å². The average molecular weight is 222 g/mol. The maximum Gasteiger partial charge on any atom is 0.319 e. The zero-order valence-corrected chi connectivity index (χ0v) is 9.77. The highest BCUT2D eigenvalue weighted by molar-refractivity contribution is 5.71. The van der Waals surface area contributed by atoms with Crippen molar-refractivity contribution in [2.75, 3.05) is 20.7 Å². The molecule has 0 aliphatic carbocycles. The summed E-state index contributed by atoms with van der Waals surface area (Å²) < 4.78 is 4.60. The van der Waals surface area contributed by atoms with Gasteiger partial charge in [0.05, 0.1) is 13.7 Å². The van der Waals surface area contributed by atoms with Crippen LogP contribution in [0.4, 0.5) is 0 Å². The first-order valence-corrected chi connectivity index (χ1v) is 5.19. The summed E-state index contributed by atoms with van der Waals surface area (Å²) in [5.41, 5.74) is 7.78. The minimum absolute atomic E-state index is 0.221. The number of hydrogen-bond donors (Lipinski definition) is 1. The van der Waals surface area contributed by atoms with E-state index in [0.717, 1.165) is 17.7 Å². The molecule has 0 radical (unpaired) electrons. The van der Waals surface area contributed by atoms with Gasteiger partial charge in [0.25, 0.3) is 0 Å². The van der Waals surface area contributed by atoms with E-state index < -0.39 is 0 Å². The fourth-order valence-electron chi connectivity index (χ4n) is 1.43. The third-order valence-corrected chi connectivity index (χ3v) is 2.34. The van der Waals surface area contributed by atoms with Crippen LogP contribution in [0.15, 0.2) is 24.3 Å². The van der Waals surface area contributed by atoms with Crippen LogP contribution >= 0.6 is 0 Å². The standard InChI is InChI=1S/C12H18N2O2/c1-14(9-12(15)16-2)8-11-5-3-10(7-13)4-6-11/h3-6H,7-9,13H2,1-2H3. The van der Waals surface area contributed by atoms with E-state index in [-0.39, 0.29) is 5.97 Å². The Kier molecular flexibility index (Phi) is 4.95. The van der Waals surface area contributed by atoms with E-state index in [1.807, 2.05) is 36.2 Å². The van der Waals surface area contributed by atoms with Gasteiger partial charge < -0.3 is 10.5 Å². The van der Waals surface area contributed by atoms with Crippen molar-refractivity contribution in [1.29, 1.82) is 0 Å². The van der Waals surface area contributed by atoms with Gasteiger partial charge >= 0.3 is 5.97 Å². The van der Waals surface area contributed by atoms with Gasteiger partial charge in [-0.2, -0.15) is 0 Å². The van der Waals surface area contributed by atoms with Crippen molar-refractivity contribution in [2.45, 2.75) is 13.1 Å². The zero-order chi connectivity index (χ0) is 12.0. The predicted octanol–water partition coefficient (Wildman–Crippen LogP) is 0.750. The number of benzene rings is 1. The number of methoxy groups -OCH3 is 1. The number of esters is 1. The molecule has 1 rings (SSSR count). The molecule has 0 unspecified atom stereocenters. The number of hydrogen-bond acceptors (Lipinski definition) is 4. The lowest BCUT2D eigenvalue weighted by molar-refractivity contribution is -0.141. The summed E-state index contributed by atoms with van der Waals surface area (Å²) in [6, 6.07) is 8.05. The summed E-state index contributed by atoms with van der Waals surface area (Å²) >= 11 is 0. The van der Waals surface area contributed by atoms with Crippen LogP contribution in [0.2, 0.25) is 0 Å². The number of carbonyl (C=O) groups is 1. The van der Waals surface area contributed by atoms with E-state index in [4.69, 9.17) is 5.73 Å². The molecule has 0 aliphatic rings. The highest BCUT2D eigenvalue weighted by Crippen LogP contribution is 2.06. The second-order valence-electron chi connectivity index (χ2n) is 3.77. The number of carbonyl (C=O) groups excluding carboxylic acids is 1. The second-order valence-corrected chi connectivity index (χ2v) is 3.77. The van der Waals surface area contributed by atoms with Crippen molar-refractivity contribution >= 4 is 5.97 Å². The van der Waals surface area contributed by atoms with Crippen molar-refractivity contribution in [3.05, 3.63) is 35.4 Å². The van der Waals surface area contributed by atoms with Gasteiger partial charge in [0.1, 0.15) is 0 Å². The van der Waals surface area contributed by atoms with E-state index in [1.165, 1.54) is 7.11 Å². The Hall–Kier alpha value is -1.39. The van der Waals surface area contributed by atoms with Crippen LogP contribution in [0, 0.1) is 0 Å². The molecule has 0 aromatic heterocycles. The van der Waals surface area contributed by atoms with Crippen LogP contribution < -0.4 is 5.73 Å². The maximum absolute atomic E-state index is 11.0.